The third kappa shape index (κ3) is 13.8. The zero-order valence-corrected chi connectivity index (χ0v) is 46.8. The molecule has 31 heteroatoms. The summed E-state index contributed by atoms with van der Waals surface area (Å²) in [5.74, 6) is -12.2. The first-order valence-electron chi connectivity index (χ1n) is 26.4. The number of ether oxygens (including phenoxy) is 9. The predicted molar refractivity (Wildman–Crippen MR) is 293 cm³/mol. The van der Waals surface area contributed by atoms with Gasteiger partial charge in [-0.05, 0) is 72.5 Å². The van der Waals surface area contributed by atoms with Gasteiger partial charge >= 0.3 is 18.3 Å². The number of carbonyl (C=O) groups is 6. The van der Waals surface area contributed by atoms with Crippen LogP contribution in [-0.4, -0.2) is 106 Å². The van der Waals surface area contributed by atoms with Crippen molar-refractivity contribution in [1.29, 1.82) is 0 Å². The van der Waals surface area contributed by atoms with Gasteiger partial charge in [-0.15, -0.1) is 0 Å². The van der Waals surface area contributed by atoms with E-state index in [9.17, 15) is 63.9 Å². The van der Waals surface area contributed by atoms with E-state index in [1.165, 1.54) is 53.7 Å². The lowest BCUT2D eigenvalue weighted by molar-refractivity contribution is -0.120. The van der Waals surface area contributed by atoms with Crippen LogP contribution < -0.4 is 63.8 Å². The van der Waals surface area contributed by atoms with Crippen molar-refractivity contribution in [3.8, 4) is 69.0 Å². The molecule has 6 heterocycles. The lowest BCUT2D eigenvalue weighted by Gasteiger charge is -2.23. The van der Waals surface area contributed by atoms with Crippen LogP contribution in [0, 0.1) is 34.9 Å². The van der Waals surface area contributed by atoms with Gasteiger partial charge < -0.3 is 58.6 Å². The second-order valence-electron chi connectivity index (χ2n) is 19.6. The molecule has 22 nitrogen and oxygen atoms in total. The second-order valence-corrected chi connectivity index (χ2v) is 20.5. The minimum atomic E-state index is -2.46. The Kier molecular flexibility index (Phi) is 18.1. The van der Waals surface area contributed by atoms with Crippen LogP contribution >= 0.6 is 11.9 Å². The number of benzene rings is 6. The fraction of sp³-hybridized carbons (Fsp3) is 0.263. The Morgan fingerprint density at radius 3 is 1.18 bits per heavy atom. The lowest BCUT2D eigenvalue weighted by atomic mass is 10.1. The van der Waals surface area contributed by atoms with Crippen molar-refractivity contribution in [2.45, 2.75) is 51.3 Å². The zero-order valence-electron chi connectivity index (χ0n) is 45.9. The molecule has 6 aromatic rings. The van der Waals surface area contributed by atoms with Gasteiger partial charge in [0.05, 0.1) is 56.3 Å². The smallest absolute Gasteiger partial charge is 0.414 e. The summed E-state index contributed by atoms with van der Waals surface area (Å²) >= 11 is 0.391. The molecule has 3 atom stereocenters. The number of cyclic esters (lactones) is 3. The summed E-state index contributed by atoms with van der Waals surface area (Å²) in [6.07, 6.45) is -2.71. The Balaban J connectivity index is 0.000000146. The number of hydrogen-bond donors (Lipinski definition) is 4. The first kappa shape index (κ1) is 61.2. The van der Waals surface area contributed by atoms with Crippen molar-refractivity contribution < 1.29 is 107 Å². The fourth-order valence-corrected chi connectivity index (χ4v) is 9.45. The number of alkyl halides is 2. The molecule has 3 saturated heterocycles. The molecule has 0 aliphatic carbocycles. The van der Waals surface area contributed by atoms with Gasteiger partial charge in [-0.2, -0.15) is 17.6 Å². The molecule has 0 spiro atoms. The van der Waals surface area contributed by atoms with Gasteiger partial charge in [-0.3, -0.25) is 33.8 Å². The van der Waals surface area contributed by atoms with Crippen LogP contribution in [0.25, 0.3) is 0 Å². The summed E-state index contributed by atoms with van der Waals surface area (Å²) in [5, 5.41) is 7.77. The molecule has 3 fully saturated rings. The maximum Gasteiger partial charge on any atom is 0.414 e. The number of rotatable bonds is 14. The van der Waals surface area contributed by atoms with E-state index < -0.39 is 88.8 Å². The number of nitrogens with one attached hydrogen (secondary N) is 4. The highest BCUT2D eigenvalue weighted by Crippen LogP contribution is 2.52. The predicted octanol–water partition coefficient (Wildman–Crippen LogP) is 11.0. The molecule has 0 radical (unpaired) electrons. The van der Waals surface area contributed by atoms with Crippen LogP contribution in [0.5, 0.6) is 69.0 Å². The van der Waals surface area contributed by atoms with Crippen molar-refractivity contribution in [1.82, 2.24) is 20.7 Å². The number of hydrogen-bond acceptors (Lipinski definition) is 17. The minimum absolute atomic E-state index is 0.0334. The van der Waals surface area contributed by atoms with E-state index in [-0.39, 0.29) is 84.9 Å². The van der Waals surface area contributed by atoms with E-state index in [2.05, 4.69) is 20.7 Å². The molecule has 12 rings (SSSR count). The summed E-state index contributed by atoms with van der Waals surface area (Å²) in [6.45, 7) is 5.72. The Morgan fingerprint density at radius 1 is 0.466 bits per heavy atom. The Labute approximate surface area is 496 Å². The first-order chi connectivity index (χ1) is 42.0. The average molecular weight is 1250 g/mol. The Hall–Kier alpha value is -9.91. The van der Waals surface area contributed by atoms with Crippen LogP contribution in [0.1, 0.15) is 26.3 Å². The van der Waals surface area contributed by atoms with E-state index >= 15 is 0 Å². The minimum Gasteiger partial charge on any atom is -0.450 e. The zero-order chi connectivity index (χ0) is 62.7. The Bertz CT molecular complexity index is 3780. The maximum absolute atomic E-state index is 14.0. The van der Waals surface area contributed by atoms with Crippen molar-refractivity contribution >= 4 is 65.0 Å². The van der Waals surface area contributed by atoms with E-state index in [1.54, 1.807) is 42.5 Å². The number of anilines is 3. The number of carbonyl (C=O) groups excluding carboxylic acids is 6. The maximum atomic E-state index is 14.0. The van der Waals surface area contributed by atoms with Crippen molar-refractivity contribution in [2.24, 2.45) is 0 Å². The normalized spacial score (nSPS) is 17.0. The standard InChI is InChI=1S/C21H21F2N3O5S.C18H12F4N2O5.C18H14F2N2O5/c1-12(27)24-10-15-11-26(21(28)29-15)14-3-5-17-19(9-14)31-16-4-2-13(8-18(16)30-17)6-7-25-32-20(22)23;1-7(25)23-5-9-6-24(18(26)27-9)8-2-3-10-11(4-8)29-17-15(22)13(20)12(19)14(21)16(17)28-10;1-9(23)21-7-11-8-22(18(24)25-11)10-2-3-14-15(4-10)27-17-6-13(20)12(19)5-16(17)26-14/h2-5,8-9,15,20,25H,6-7,10-11H2,1H3,(H,24,27);2-4,9H,5-6H2,1H3,(H,23,25);2-6,11H,7-8H2,1H3,(H,21,23)/t15-;9-;11-/m000/s1. The van der Waals surface area contributed by atoms with Gasteiger partial charge in [-0.25, -0.2) is 31.9 Å². The molecule has 88 heavy (non-hydrogen) atoms. The molecule has 462 valence electrons. The Morgan fingerprint density at radius 2 is 0.795 bits per heavy atom. The highest BCUT2D eigenvalue weighted by molar-refractivity contribution is 7.97. The van der Waals surface area contributed by atoms with Gasteiger partial charge in [0.1, 0.15) is 18.3 Å². The van der Waals surface area contributed by atoms with Gasteiger partial charge in [0, 0.05) is 57.6 Å². The van der Waals surface area contributed by atoms with Crippen LogP contribution in [0.4, 0.5) is 66.6 Å². The molecule has 0 saturated carbocycles. The van der Waals surface area contributed by atoms with Crippen LogP contribution in [0.15, 0.2) is 84.9 Å². The molecule has 0 aromatic heterocycles. The number of nitrogens with zero attached hydrogens (tertiary/aromatic N) is 3. The molecule has 6 aliphatic rings. The SMILES string of the molecule is CC(=O)NC[C@H]1CN(c2ccc3c(c2)Oc2c(F)c(F)c(F)c(F)c2O3)C(=O)O1.CC(=O)NC[C@H]1CN(c2ccc3c(c2)Oc2cc(F)c(F)cc2O3)C(=O)O1.CC(=O)NC[C@H]1CN(c2ccc3c(c2)Oc2ccc(CCNSC(F)F)cc2O3)C(=O)O1. The molecule has 6 aliphatic heterocycles. The molecular formula is C57H47F8N7O15S. The first-order valence-corrected chi connectivity index (χ1v) is 27.2. The highest BCUT2D eigenvalue weighted by atomic mass is 32.2. The third-order valence-electron chi connectivity index (χ3n) is 13.2. The van der Waals surface area contributed by atoms with Crippen LogP contribution in [0.2, 0.25) is 0 Å². The van der Waals surface area contributed by atoms with Gasteiger partial charge in [0.2, 0.25) is 52.5 Å². The molecule has 0 unspecified atom stereocenters. The lowest BCUT2D eigenvalue weighted by Crippen LogP contribution is -2.33. The van der Waals surface area contributed by atoms with Crippen molar-refractivity contribution in [3.05, 3.63) is 125 Å². The fourth-order valence-electron chi connectivity index (χ4n) is 9.10. The van der Waals surface area contributed by atoms with Gasteiger partial charge in [0.25, 0.3) is 5.76 Å². The van der Waals surface area contributed by atoms with Crippen LogP contribution in [-0.2, 0) is 35.0 Å². The number of fused-ring (bicyclic) bond motifs is 6. The topological polar surface area (TPSA) is 243 Å². The second kappa shape index (κ2) is 26.0. The summed E-state index contributed by atoms with van der Waals surface area (Å²) < 4.78 is 157. The number of halogens is 8. The monoisotopic (exact) mass is 1250 g/mol. The summed E-state index contributed by atoms with van der Waals surface area (Å²) in [7, 11) is 0. The van der Waals surface area contributed by atoms with E-state index in [1.807, 2.05) is 12.1 Å². The highest BCUT2D eigenvalue weighted by Gasteiger charge is 2.38. The van der Waals surface area contributed by atoms with E-state index in [0.29, 0.717) is 71.6 Å². The van der Waals surface area contributed by atoms with Gasteiger partial charge in [-0.1, -0.05) is 6.07 Å². The summed E-state index contributed by atoms with van der Waals surface area (Å²) in [6, 6.07) is 21.1. The quantitative estimate of drug-likeness (QED) is 0.0197. The largest absolute Gasteiger partial charge is 0.450 e. The molecule has 0 bridgehead atoms. The third-order valence-corrected chi connectivity index (χ3v) is 13.8. The summed E-state index contributed by atoms with van der Waals surface area (Å²) in [5.41, 5.74) is 2.26. The van der Waals surface area contributed by atoms with Crippen LogP contribution in [0.3, 0.4) is 0 Å². The number of amides is 6. The molecule has 4 N–H and O–H groups in total. The average Bonchev–Trinajstić information content (AvgIpc) is 3.65. The van der Waals surface area contributed by atoms with E-state index in [0.717, 1.165) is 17.7 Å². The molecule has 6 aromatic carbocycles. The van der Waals surface area contributed by atoms with E-state index in [4.69, 9.17) is 42.6 Å². The van der Waals surface area contributed by atoms with Gasteiger partial charge in [0.15, 0.2) is 69.1 Å². The molecule has 6 amide bonds. The van der Waals surface area contributed by atoms with Crippen molar-refractivity contribution in [2.75, 3.05) is 60.5 Å². The summed E-state index contributed by atoms with van der Waals surface area (Å²) in [4.78, 5) is 73.6. The molecular weight excluding hydrogens is 1210 g/mol. The van der Waals surface area contributed by atoms with Crippen molar-refractivity contribution in [3.63, 3.8) is 0 Å².